The van der Waals surface area contributed by atoms with E-state index in [0.29, 0.717) is 52.4 Å². The van der Waals surface area contributed by atoms with Gasteiger partial charge in [0.2, 0.25) is 0 Å². The normalized spacial score (nSPS) is 15.9. The smallest absolute Gasteiger partial charge is 0.255 e. The van der Waals surface area contributed by atoms with E-state index in [-0.39, 0.29) is 17.8 Å². The van der Waals surface area contributed by atoms with Gasteiger partial charge in [-0.15, -0.1) is 0 Å². The number of hydrogen-bond acceptors (Lipinski definition) is 5. The molecule has 0 spiro atoms. The number of hydrogen-bond donors (Lipinski definition) is 1. The second-order valence-electron chi connectivity index (χ2n) is 7.82. The Morgan fingerprint density at radius 1 is 1.23 bits per heavy atom. The summed E-state index contributed by atoms with van der Waals surface area (Å²) in [6.45, 7) is 4.68. The number of fused-ring (bicyclic) bond motifs is 1. The third-order valence-corrected chi connectivity index (χ3v) is 6.27. The predicted molar refractivity (Wildman–Crippen MR) is 123 cm³/mol. The molecule has 1 fully saturated rings. The number of benzene rings is 2. The zero-order chi connectivity index (χ0) is 22.2. The topological polar surface area (TPSA) is 74.5 Å². The van der Waals surface area contributed by atoms with Crippen molar-refractivity contribution in [2.24, 2.45) is 0 Å². The third-order valence-electron chi connectivity index (χ3n) is 5.33. The average molecular weight is 445 g/mol. The molecule has 1 saturated heterocycles. The van der Waals surface area contributed by atoms with Gasteiger partial charge in [-0.1, -0.05) is 0 Å². The number of quaternary nitrogens is 1. The molecule has 1 amide bonds. The molecule has 0 atom stereocenters. The Bertz CT molecular complexity index is 1100. The van der Waals surface area contributed by atoms with Gasteiger partial charge in [0.15, 0.2) is 11.4 Å². The molecular weight excluding hydrogens is 419 g/mol. The number of thioether (sulfide) groups is 1. The molecule has 1 N–H and O–H groups in total. The second kappa shape index (κ2) is 8.53. The predicted octanol–water partition coefficient (Wildman–Crippen LogP) is 4.94. The highest BCUT2D eigenvalue weighted by molar-refractivity contribution is 7.99. The van der Waals surface area contributed by atoms with Crippen LogP contribution in [0.2, 0.25) is 0 Å². The summed E-state index contributed by atoms with van der Waals surface area (Å²) in [5.41, 5.74) is 1.83. The Morgan fingerprint density at radius 3 is 2.52 bits per heavy atom. The summed E-state index contributed by atoms with van der Waals surface area (Å²) >= 11 is 1.76. The summed E-state index contributed by atoms with van der Waals surface area (Å²) in [5.74, 6) is 1.62. The minimum atomic E-state index is -0.493. The number of carbonyl (C=O) groups excluding carboxylic acids is 1. The molecule has 4 rings (SSSR count). The summed E-state index contributed by atoms with van der Waals surface area (Å²) in [6, 6.07) is 9.20. The highest BCUT2D eigenvalue weighted by atomic mass is 32.2. The Hall–Kier alpha value is -2.55. The van der Waals surface area contributed by atoms with E-state index in [0.717, 1.165) is 11.5 Å². The SMILES string of the molecule is CNC(=O)c1c(-c2ccc(F)cc2)oc2cc([N+]3([O-])CCSCC3)c(OC(C)C)cc12. The highest BCUT2D eigenvalue weighted by Crippen LogP contribution is 2.43. The van der Waals surface area contributed by atoms with Crippen molar-refractivity contribution in [2.75, 3.05) is 31.6 Å². The van der Waals surface area contributed by atoms with Gasteiger partial charge in [0.1, 0.15) is 17.2 Å². The van der Waals surface area contributed by atoms with Crippen molar-refractivity contribution in [1.82, 2.24) is 9.96 Å². The molecule has 1 aromatic heterocycles. The van der Waals surface area contributed by atoms with Gasteiger partial charge in [-0.3, -0.25) is 4.79 Å². The fourth-order valence-corrected chi connectivity index (χ4v) is 4.87. The van der Waals surface area contributed by atoms with Gasteiger partial charge in [-0.05, 0) is 44.2 Å². The number of nitrogens with one attached hydrogen (secondary N) is 1. The van der Waals surface area contributed by atoms with Crippen LogP contribution in [-0.2, 0) is 0 Å². The molecule has 0 saturated carbocycles. The minimum Gasteiger partial charge on any atom is -0.627 e. The first-order valence-corrected chi connectivity index (χ1v) is 11.4. The monoisotopic (exact) mass is 444 g/mol. The molecule has 3 aromatic rings. The zero-order valence-electron chi connectivity index (χ0n) is 17.7. The lowest BCUT2D eigenvalue weighted by atomic mass is 10.0. The first kappa shape index (κ1) is 21.7. The van der Waals surface area contributed by atoms with Gasteiger partial charge < -0.3 is 24.3 Å². The molecular formula is C23H25FN2O4S. The molecule has 0 bridgehead atoms. The van der Waals surface area contributed by atoms with Gasteiger partial charge in [0.05, 0.1) is 24.8 Å². The first-order chi connectivity index (χ1) is 14.8. The maximum absolute atomic E-state index is 13.6. The summed E-state index contributed by atoms with van der Waals surface area (Å²) < 4.78 is 25.1. The van der Waals surface area contributed by atoms with Crippen LogP contribution in [0.25, 0.3) is 22.3 Å². The molecule has 164 valence electrons. The second-order valence-corrected chi connectivity index (χ2v) is 9.05. The van der Waals surface area contributed by atoms with E-state index < -0.39 is 4.65 Å². The summed E-state index contributed by atoms with van der Waals surface area (Å²) in [4.78, 5) is 12.8. The van der Waals surface area contributed by atoms with Crippen LogP contribution in [0.1, 0.15) is 24.2 Å². The van der Waals surface area contributed by atoms with Crippen molar-refractivity contribution >= 4 is 34.3 Å². The molecule has 0 aliphatic carbocycles. The number of rotatable bonds is 5. The molecule has 2 heterocycles. The highest BCUT2D eigenvalue weighted by Gasteiger charge is 2.31. The van der Waals surface area contributed by atoms with Crippen molar-refractivity contribution in [3.05, 3.63) is 53.0 Å². The molecule has 6 nitrogen and oxygen atoms in total. The van der Waals surface area contributed by atoms with E-state index in [4.69, 9.17) is 9.15 Å². The molecule has 0 unspecified atom stereocenters. The van der Waals surface area contributed by atoms with Crippen LogP contribution in [0.15, 0.2) is 40.8 Å². The van der Waals surface area contributed by atoms with Crippen LogP contribution < -0.4 is 14.7 Å². The Labute approximate surface area is 184 Å². The van der Waals surface area contributed by atoms with Crippen LogP contribution >= 0.6 is 11.8 Å². The lowest BCUT2D eigenvalue weighted by Crippen LogP contribution is -2.49. The van der Waals surface area contributed by atoms with Crippen molar-refractivity contribution < 1.29 is 18.3 Å². The van der Waals surface area contributed by atoms with Crippen molar-refractivity contribution in [3.8, 4) is 17.1 Å². The number of amides is 1. The maximum atomic E-state index is 13.6. The fourth-order valence-electron chi connectivity index (χ4n) is 3.81. The van der Waals surface area contributed by atoms with Gasteiger partial charge >= 0.3 is 0 Å². The summed E-state index contributed by atoms with van der Waals surface area (Å²) in [5, 5.41) is 16.8. The largest absolute Gasteiger partial charge is 0.627 e. The van der Waals surface area contributed by atoms with Crippen LogP contribution in [0.4, 0.5) is 10.1 Å². The summed E-state index contributed by atoms with van der Waals surface area (Å²) in [6.07, 6.45) is -0.145. The first-order valence-electron chi connectivity index (χ1n) is 10.2. The van der Waals surface area contributed by atoms with Crippen LogP contribution in [0, 0.1) is 11.0 Å². The van der Waals surface area contributed by atoms with Crippen molar-refractivity contribution in [1.29, 1.82) is 0 Å². The van der Waals surface area contributed by atoms with Gasteiger partial charge in [0, 0.05) is 35.6 Å². The quantitative estimate of drug-likeness (QED) is 0.446. The molecule has 1 aliphatic heterocycles. The number of hydroxylamine groups is 2. The lowest BCUT2D eigenvalue weighted by Gasteiger charge is -2.45. The van der Waals surface area contributed by atoms with E-state index in [9.17, 15) is 14.4 Å². The summed E-state index contributed by atoms with van der Waals surface area (Å²) in [7, 11) is 1.54. The van der Waals surface area contributed by atoms with E-state index in [1.54, 1.807) is 43.1 Å². The zero-order valence-corrected chi connectivity index (χ0v) is 18.6. The number of halogens is 1. The van der Waals surface area contributed by atoms with Crippen molar-refractivity contribution in [2.45, 2.75) is 20.0 Å². The Morgan fingerprint density at radius 2 is 1.90 bits per heavy atom. The number of ether oxygens (including phenoxy) is 1. The minimum absolute atomic E-state index is 0.145. The van der Waals surface area contributed by atoms with E-state index in [2.05, 4.69) is 5.32 Å². The van der Waals surface area contributed by atoms with Crippen molar-refractivity contribution in [3.63, 3.8) is 0 Å². The number of nitrogens with zero attached hydrogens (tertiary/aromatic N) is 1. The number of carbonyl (C=O) groups is 1. The molecule has 1 aliphatic rings. The lowest BCUT2D eigenvalue weighted by molar-refractivity contribution is 0.0964. The fraction of sp³-hybridized carbons (Fsp3) is 0.348. The van der Waals surface area contributed by atoms with E-state index in [1.165, 1.54) is 12.1 Å². The average Bonchev–Trinajstić information content (AvgIpc) is 3.11. The van der Waals surface area contributed by atoms with Gasteiger partial charge in [-0.2, -0.15) is 11.8 Å². The number of furan rings is 1. The van der Waals surface area contributed by atoms with Crippen LogP contribution in [-0.4, -0.2) is 43.7 Å². The Balaban J connectivity index is 1.96. The van der Waals surface area contributed by atoms with Crippen LogP contribution in [0.3, 0.4) is 0 Å². The van der Waals surface area contributed by atoms with E-state index >= 15 is 0 Å². The Kier molecular flexibility index (Phi) is 5.96. The van der Waals surface area contributed by atoms with Gasteiger partial charge in [0.25, 0.3) is 5.91 Å². The third kappa shape index (κ3) is 4.15. The molecule has 2 aromatic carbocycles. The van der Waals surface area contributed by atoms with Gasteiger partial charge in [-0.25, -0.2) is 4.39 Å². The molecule has 31 heavy (non-hydrogen) atoms. The molecule has 0 radical (unpaired) electrons. The molecule has 8 heteroatoms. The van der Waals surface area contributed by atoms with Crippen LogP contribution in [0.5, 0.6) is 5.75 Å². The maximum Gasteiger partial charge on any atom is 0.255 e. The standard InChI is InChI=1S/C23H25FN2O4S/c1-14(2)29-20-12-17-19(13-18(20)26(28)8-10-31-11-9-26)30-22(21(17)23(27)25-3)15-4-6-16(24)7-5-15/h4-7,12-14H,8-11H2,1-3H3,(H,25,27). The van der Waals surface area contributed by atoms with E-state index in [1.807, 2.05) is 13.8 Å².